The van der Waals surface area contributed by atoms with Gasteiger partial charge in [-0.05, 0) is 25.2 Å². The molecule has 0 bridgehead atoms. The van der Waals surface area contributed by atoms with E-state index in [1.165, 1.54) is 0 Å². The Morgan fingerprint density at radius 3 is 2.23 bits per heavy atom. The number of aromatic nitrogens is 2. The average molecular weight is 182 g/mol. The number of nitrogens with one attached hydrogen (secondary N) is 2. The summed E-state index contributed by atoms with van der Waals surface area (Å²) >= 11 is 0. The summed E-state index contributed by atoms with van der Waals surface area (Å²) in [5.41, 5.74) is 2.18. The Hall–Kier alpha value is -0.990. The van der Waals surface area contributed by atoms with Crippen molar-refractivity contribution < 1.29 is 0 Å². The van der Waals surface area contributed by atoms with Crippen LogP contribution >= 0.6 is 0 Å². The van der Waals surface area contributed by atoms with Crippen LogP contribution in [0.2, 0.25) is 0 Å². The van der Waals surface area contributed by atoms with Gasteiger partial charge in [0.25, 0.3) is 5.56 Å². The minimum atomic E-state index is 0.0294. The van der Waals surface area contributed by atoms with E-state index in [0.717, 1.165) is 24.1 Å². The Labute approximate surface area is 78.5 Å². The maximum atomic E-state index is 11.3. The predicted molar refractivity (Wildman–Crippen MR) is 53.9 cm³/mol. The molecule has 0 atom stereocenters. The lowest BCUT2D eigenvalue weighted by atomic mass is 9.89. The highest BCUT2D eigenvalue weighted by Crippen LogP contribution is 2.20. The Kier molecular flexibility index (Phi) is 2.64. The standard InChI is InChI=1S/C10H18N2O/c1-7-8(9(13)12-11-7)5-6-10(2,3)4/h5-6H2,1-4H3,(H2,11,12,13). The van der Waals surface area contributed by atoms with Gasteiger partial charge in [-0.3, -0.25) is 9.89 Å². The lowest BCUT2D eigenvalue weighted by Gasteiger charge is -2.16. The maximum absolute atomic E-state index is 11.3. The zero-order valence-corrected chi connectivity index (χ0v) is 8.82. The Balaban J connectivity index is 2.70. The SMILES string of the molecule is Cc1[nH][nH]c(=O)c1CCC(C)(C)C. The summed E-state index contributed by atoms with van der Waals surface area (Å²) in [7, 11) is 0. The van der Waals surface area contributed by atoms with Crippen LogP contribution < -0.4 is 5.56 Å². The summed E-state index contributed by atoms with van der Waals surface area (Å²) in [5.74, 6) is 0. The van der Waals surface area contributed by atoms with E-state index in [9.17, 15) is 4.79 Å². The Bertz CT molecular complexity index is 327. The summed E-state index contributed by atoms with van der Waals surface area (Å²) in [5, 5.41) is 5.43. The molecule has 0 spiro atoms. The first-order chi connectivity index (χ1) is 5.90. The molecule has 74 valence electrons. The summed E-state index contributed by atoms with van der Waals surface area (Å²) in [6.45, 7) is 8.48. The normalized spacial score (nSPS) is 12.0. The molecular weight excluding hydrogens is 164 g/mol. The van der Waals surface area contributed by atoms with Crippen LogP contribution in [0, 0.1) is 12.3 Å². The molecule has 1 heterocycles. The van der Waals surface area contributed by atoms with Gasteiger partial charge in [-0.15, -0.1) is 0 Å². The second-order valence-electron chi connectivity index (χ2n) is 4.74. The van der Waals surface area contributed by atoms with Crippen LogP contribution in [-0.2, 0) is 6.42 Å². The van der Waals surface area contributed by atoms with Crippen LogP contribution in [0.15, 0.2) is 4.79 Å². The monoisotopic (exact) mass is 182 g/mol. The van der Waals surface area contributed by atoms with Gasteiger partial charge >= 0.3 is 0 Å². The summed E-state index contributed by atoms with van der Waals surface area (Å²) in [6.07, 6.45) is 1.89. The van der Waals surface area contributed by atoms with Crippen molar-refractivity contribution in [3.63, 3.8) is 0 Å². The summed E-state index contributed by atoms with van der Waals surface area (Å²) < 4.78 is 0. The van der Waals surface area contributed by atoms with E-state index in [-0.39, 0.29) is 11.0 Å². The molecule has 0 saturated carbocycles. The van der Waals surface area contributed by atoms with Gasteiger partial charge in [0.2, 0.25) is 0 Å². The van der Waals surface area contributed by atoms with Crippen LogP contribution in [0.1, 0.15) is 38.4 Å². The number of aromatic amines is 2. The first-order valence-corrected chi connectivity index (χ1v) is 4.66. The number of hydrogen-bond donors (Lipinski definition) is 2. The Morgan fingerprint density at radius 2 is 1.85 bits per heavy atom. The third kappa shape index (κ3) is 2.76. The van der Waals surface area contributed by atoms with E-state index in [1.54, 1.807) is 0 Å². The van der Waals surface area contributed by atoms with Gasteiger partial charge in [-0.1, -0.05) is 20.8 Å². The van der Waals surface area contributed by atoms with Gasteiger partial charge in [-0.25, -0.2) is 0 Å². The van der Waals surface area contributed by atoms with Crippen LogP contribution in [0.4, 0.5) is 0 Å². The van der Waals surface area contributed by atoms with Crippen molar-refractivity contribution in [1.29, 1.82) is 0 Å². The van der Waals surface area contributed by atoms with Crippen molar-refractivity contribution in [2.24, 2.45) is 5.41 Å². The fourth-order valence-electron chi connectivity index (χ4n) is 1.27. The molecular formula is C10H18N2O. The quantitative estimate of drug-likeness (QED) is 0.722. The van der Waals surface area contributed by atoms with Crippen molar-refractivity contribution in [2.45, 2.75) is 40.5 Å². The van der Waals surface area contributed by atoms with Crippen molar-refractivity contribution in [3.8, 4) is 0 Å². The minimum Gasteiger partial charge on any atom is -0.302 e. The molecule has 3 heteroatoms. The molecule has 2 N–H and O–H groups in total. The highest BCUT2D eigenvalue weighted by Gasteiger charge is 2.13. The highest BCUT2D eigenvalue weighted by atomic mass is 16.1. The van der Waals surface area contributed by atoms with Crippen molar-refractivity contribution in [2.75, 3.05) is 0 Å². The van der Waals surface area contributed by atoms with Gasteiger partial charge in [0, 0.05) is 11.3 Å². The third-order valence-electron chi connectivity index (χ3n) is 2.22. The van der Waals surface area contributed by atoms with Crippen molar-refractivity contribution in [3.05, 3.63) is 21.6 Å². The smallest absolute Gasteiger partial charge is 0.267 e. The average Bonchev–Trinajstić information content (AvgIpc) is 2.27. The van der Waals surface area contributed by atoms with Crippen LogP contribution in [0.5, 0.6) is 0 Å². The molecule has 0 aliphatic carbocycles. The van der Waals surface area contributed by atoms with Gasteiger partial charge in [0.1, 0.15) is 0 Å². The molecule has 0 saturated heterocycles. The van der Waals surface area contributed by atoms with Gasteiger partial charge in [0.15, 0.2) is 0 Å². The molecule has 3 nitrogen and oxygen atoms in total. The molecule has 0 fully saturated rings. The second-order valence-corrected chi connectivity index (χ2v) is 4.74. The first-order valence-electron chi connectivity index (χ1n) is 4.66. The summed E-state index contributed by atoms with van der Waals surface area (Å²) in [4.78, 5) is 11.3. The number of aryl methyl sites for hydroxylation is 1. The van der Waals surface area contributed by atoms with Crippen molar-refractivity contribution >= 4 is 0 Å². The molecule has 0 aromatic carbocycles. The van der Waals surface area contributed by atoms with Crippen molar-refractivity contribution in [1.82, 2.24) is 10.2 Å². The fourth-order valence-corrected chi connectivity index (χ4v) is 1.27. The van der Waals surface area contributed by atoms with E-state index in [4.69, 9.17) is 0 Å². The van der Waals surface area contributed by atoms with Gasteiger partial charge in [0.05, 0.1) is 0 Å². The molecule has 0 aliphatic rings. The highest BCUT2D eigenvalue weighted by molar-refractivity contribution is 5.14. The lowest BCUT2D eigenvalue weighted by molar-refractivity contribution is 0.377. The molecule has 13 heavy (non-hydrogen) atoms. The van der Waals surface area contributed by atoms with Crippen LogP contribution in [0.3, 0.4) is 0 Å². The third-order valence-corrected chi connectivity index (χ3v) is 2.22. The number of rotatable bonds is 2. The zero-order chi connectivity index (χ0) is 10.1. The molecule has 0 amide bonds. The van der Waals surface area contributed by atoms with E-state index >= 15 is 0 Å². The van der Waals surface area contributed by atoms with Crippen LogP contribution in [-0.4, -0.2) is 10.2 Å². The van der Waals surface area contributed by atoms with Gasteiger partial charge in [-0.2, -0.15) is 0 Å². The lowest BCUT2D eigenvalue weighted by Crippen LogP contribution is -2.12. The summed E-state index contributed by atoms with van der Waals surface area (Å²) in [6, 6.07) is 0. The zero-order valence-electron chi connectivity index (χ0n) is 8.82. The molecule has 1 aromatic heterocycles. The molecule has 1 rings (SSSR count). The minimum absolute atomic E-state index is 0.0294. The fraction of sp³-hybridized carbons (Fsp3) is 0.700. The topological polar surface area (TPSA) is 48.6 Å². The van der Waals surface area contributed by atoms with Gasteiger partial charge < -0.3 is 5.10 Å². The molecule has 0 radical (unpaired) electrons. The molecule has 0 unspecified atom stereocenters. The largest absolute Gasteiger partial charge is 0.302 e. The predicted octanol–water partition coefficient (Wildman–Crippen LogP) is 1.99. The second kappa shape index (κ2) is 3.40. The van der Waals surface area contributed by atoms with E-state index < -0.39 is 0 Å². The number of hydrogen-bond acceptors (Lipinski definition) is 1. The van der Waals surface area contributed by atoms with E-state index in [2.05, 4.69) is 31.0 Å². The first kappa shape index (κ1) is 10.1. The van der Waals surface area contributed by atoms with E-state index in [1.807, 2.05) is 6.92 Å². The molecule has 1 aromatic rings. The molecule has 0 aliphatic heterocycles. The maximum Gasteiger partial charge on any atom is 0.267 e. The van der Waals surface area contributed by atoms with Crippen LogP contribution in [0.25, 0.3) is 0 Å². The number of H-pyrrole nitrogens is 2. The van der Waals surface area contributed by atoms with E-state index in [0.29, 0.717) is 0 Å². The Morgan fingerprint density at radius 1 is 1.23 bits per heavy atom.